The van der Waals surface area contributed by atoms with Gasteiger partial charge in [0, 0.05) is 18.7 Å². The van der Waals surface area contributed by atoms with Crippen LogP contribution >= 0.6 is 0 Å². The molecule has 0 saturated heterocycles. The standard InChI is InChI=1S/C35H45N3O4/c1-7-8-14-23-38(33(40)30(24-27-16-10-9-11-17-27)37-34(41)42-35(4,5)6)31(28-21-19-25(2)20-22-28)32(39)36-29-18-13-12-15-26(29)3/h9-13,15-22,30-31H,7-8,14,23-24H2,1-6H3,(H,36,39)(H,37,41). The van der Waals surface area contributed by atoms with E-state index in [4.69, 9.17) is 4.74 Å². The van der Waals surface area contributed by atoms with Gasteiger partial charge in [-0.05, 0) is 63.8 Å². The Morgan fingerprint density at radius 2 is 1.50 bits per heavy atom. The SMILES string of the molecule is CCCCCN(C(=O)C(Cc1ccccc1)NC(=O)OC(C)(C)C)C(C(=O)Nc1ccccc1C)c1ccc(C)cc1. The topological polar surface area (TPSA) is 87.7 Å². The molecule has 0 saturated carbocycles. The van der Waals surface area contributed by atoms with Crippen molar-refractivity contribution < 1.29 is 19.1 Å². The molecule has 224 valence electrons. The zero-order chi connectivity index (χ0) is 30.7. The van der Waals surface area contributed by atoms with Crippen molar-refractivity contribution in [3.63, 3.8) is 0 Å². The number of alkyl carbamates (subject to hydrolysis) is 1. The van der Waals surface area contributed by atoms with Gasteiger partial charge in [0.25, 0.3) is 5.91 Å². The van der Waals surface area contributed by atoms with Gasteiger partial charge in [-0.2, -0.15) is 0 Å². The van der Waals surface area contributed by atoms with Crippen molar-refractivity contribution in [2.45, 2.75) is 84.9 Å². The summed E-state index contributed by atoms with van der Waals surface area (Å²) in [5.41, 5.74) is 3.51. The fourth-order valence-corrected chi connectivity index (χ4v) is 4.73. The Hall–Kier alpha value is -4.13. The van der Waals surface area contributed by atoms with Crippen LogP contribution in [-0.2, 0) is 20.7 Å². The second-order valence-electron chi connectivity index (χ2n) is 11.7. The van der Waals surface area contributed by atoms with Crippen molar-refractivity contribution in [2.75, 3.05) is 11.9 Å². The molecule has 42 heavy (non-hydrogen) atoms. The summed E-state index contributed by atoms with van der Waals surface area (Å²) >= 11 is 0. The number of hydrogen-bond donors (Lipinski definition) is 2. The molecule has 2 N–H and O–H groups in total. The molecule has 0 aromatic heterocycles. The van der Waals surface area contributed by atoms with Gasteiger partial charge in [-0.3, -0.25) is 9.59 Å². The highest BCUT2D eigenvalue weighted by molar-refractivity contribution is 5.99. The molecule has 0 radical (unpaired) electrons. The number of rotatable bonds is 12. The fourth-order valence-electron chi connectivity index (χ4n) is 4.73. The molecule has 7 heteroatoms. The van der Waals surface area contributed by atoms with Crippen LogP contribution in [-0.4, -0.2) is 41.0 Å². The lowest BCUT2D eigenvalue weighted by atomic mass is 9.99. The van der Waals surface area contributed by atoms with Crippen molar-refractivity contribution >= 4 is 23.6 Å². The Labute approximate surface area is 250 Å². The minimum absolute atomic E-state index is 0.253. The summed E-state index contributed by atoms with van der Waals surface area (Å²) in [7, 11) is 0. The molecule has 0 aliphatic rings. The summed E-state index contributed by atoms with van der Waals surface area (Å²) < 4.78 is 5.53. The van der Waals surface area contributed by atoms with Gasteiger partial charge >= 0.3 is 6.09 Å². The summed E-state index contributed by atoms with van der Waals surface area (Å²) in [6, 6.07) is 22.9. The van der Waals surface area contributed by atoms with Crippen molar-refractivity contribution in [1.82, 2.24) is 10.2 Å². The van der Waals surface area contributed by atoms with Gasteiger partial charge in [0.2, 0.25) is 5.91 Å². The maximum atomic E-state index is 14.5. The number of hydrogen-bond acceptors (Lipinski definition) is 4. The first-order valence-electron chi connectivity index (χ1n) is 14.8. The van der Waals surface area contributed by atoms with Crippen LogP contribution in [0.15, 0.2) is 78.9 Å². The van der Waals surface area contributed by atoms with Crippen LogP contribution in [0.3, 0.4) is 0 Å². The Bertz CT molecular complexity index is 1320. The second-order valence-corrected chi connectivity index (χ2v) is 11.7. The molecule has 0 aliphatic carbocycles. The molecule has 0 spiro atoms. The zero-order valence-corrected chi connectivity index (χ0v) is 25.8. The van der Waals surface area contributed by atoms with E-state index in [9.17, 15) is 14.4 Å². The summed E-state index contributed by atoms with van der Waals surface area (Å²) in [6.45, 7) is 11.7. The largest absolute Gasteiger partial charge is 0.444 e. The van der Waals surface area contributed by atoms with Crippen LogP contribution in [0.5, 0.6) is 0 Å². The molecule has 3 aromatic rings. The quantitative estimate of drug-likeness (QED) is 0.226. The van der Waals surface area contributed by atoms with E-state index in [0.29, 0.717) is 24.2 Å². The number of ether oxygens (including phenoxy) is 1. The predicted molar refractivity (Wildman–Crippen MR) is 168 cm³/mol. The highest BCUT2D eigenvalue weighted by atomic mass is 16.6. The molecular weight excluding hydrogens is 526 g/mol. The molecule has 7 nitrogen and oxygen atoms in total. The number of anilines is 1. The predicted octanol–water partition coefficient (Wildman–Crippen LogP) is 7.14. The van der Waals surface area contributed by atoms with Gasteiger partial charge in [-0.15, -0.1) is 0 Å². The van der Waals surface area contributed by atoms with Crippen LogP contribution in [0, 0.1) is 13.8 Å². The Balaban J connectivity index is 2.06. The van der Waals surface area contributed by atoms with Crippen LogP contribution in [0.2, 0.25) is 0 Å². The average Bonchev–Trinajstić information content (AvgIpc) is 2.93. The van der Waals surface area contributed by atoms with Gasteiger partial charge in [0.05, 0.1) is 0 Å². The summed E-state index contributed by atoms with van der Waals surface area (Å²) in [6.07, 6.45) is 2.14. The van der Waals surface area contributed by atoms with E-state index in [-0.39, 0.29) is 18.2 Å². The van der Waals surface area contributed by atoms with E-state index < -0.39 is 23.8 Å². The van der Waals surface area contributed by atoms with Crippen molar-refractivity contribution in [1.29, 1.82) is 0 Å². The molecule has 2 atom stereocenters. The molecule has 3 amide bonds. The Morgan fingerprint density at radius 1 is 0.857 bits per heavy atom. The number of benzene rings is 3. The molecule has 0 heterocycles. The van der Waals surface area contributed by atoms with E-state index in [1.807, 2.05) is 92.7 Å². The number of nitrogens with zero attached hydrogens (tertiary/aromatic N) is 1. The molecular formula is C35H45N3O4. The van der Waals surface area contributed by atoms with Gasteiger partial charge in [0.15, 0.2) is 0 Å². The Morgan fingerprint density at radius 3 is 2.12 bits per heavy atom. The highest BCUT2D eigenvalue weighted by Crippen LogP contribution is 2.27. The second kappa shape index (κ2) is 15.2. The number of nitrogens with one attached hydrogen (secondary N) is 2. The number of aryl methyl sites for hydroxylation is 2. The molecule has 2 unspecified atom stereocenters. The van der Waals surface area contributed by atoms with Crippen LogP contribution < -0.4 is 10.6 Å². The van der Waals surface area contributed by atoms with Gasteiger partial charge in [-0.25, -0.2) is 4.79 Å². The van der Waals surface area contributed by atoms with Crippen molar-refractivity contribution in [2.24, 2.45) is 0 Å². The number of carbonyl (C=O) groups is 3. The smallest absolute Gasteiger partial charge is 0.408 e. The highest BCUT2D eigenvalue weighted by Gasteiger charge is 2.36. The summed E-state index contributed by atoms with van der Waals surface area (Å²) in [4.78, 5) is 43.2. The van der Waals surface area contributed by atoms with E-state index >= 15 is 0 Å². The van der Waals surface area contributed by atoms with E-state index in [1.54, 1.807) is 25.7 Å². The average molecular weight is 572 g/mol. The minimum atomic E-state index is -0.942. The molecule has 0 fully saturated rings. The number of carbonyl (C=O) groups excluding carboxylic acids is 3. The molecule has 3 rings (SSSR count). The van der Waals surface area contributed by atoms with Gasteiger partial charge < -0.3 is 20.3 Å². The number of amides is 3. The third kappa shape index (κ3) is 9.75. The normalized spacial score (nSPS) is 12.6. The first-order chi connectivity index (χ1) is 20.0. The van der Waals surface area contributed by atoms with E-state index in [2.05, 4.69) is 17.6 Å². The first kappa shape index (κ1) is 32.4. The van der Waals surface area contributed by atoms with Gasteiger partial charge in [-0.1, -0.05) is 98.1 Å². The van der Waals surface area contributed by atoms with Crippen LogP contribution in [0.1, 0.15) is 75.3 Å². The number of para-hydroxylation sites is 1. The molecule has 0 bridgehead atoms. The lowest BCUT2D eigenvalue weighted by Crippen LogP contribution is -2.53. The van der Waals surface area contributed by atoms with E-state index in [0.717, 1.165) is 29.5 Å². The van der Waals surface area contributed by atoms with Gasteiger partial charge in [0.1, 0.15) is 17.7 Å². The maximum absolute atomic E-state index is 14.5. The first-order valence-corrected chi connectivity index (χ1v) is 14.8. The van der Waals surface area contributed by atoms with Crippen molar-refractivity contribution in [3.05, 3.63) is 101 Å². The van der Waals surface area contributed by atoms with Crippen LogP contribution in [0.4, 0.5) is 10.5 Å². The molecule has 3 aromatic carbocycles. The lowest BCUT2D eigenvalue weighted by molar-refractivity contribution is -0.140. The Kier molecular flexibility index (Phi) is 11.7. The fraction of sp³-hybridized carbons (Fsp3) is 0.400. The van der Waals surface area contributed by atoms with E-state index in [1.165, 1.54) is 0 Å². The lowest BCUT2D eigenvalue weighted by Gasteiger charge is -2.35. The minimum Gasteiger partial charge on any atom is -0.444 e. The summed E-state index contributed by atoms with van der Waals surface area (Å²) in [5, 5.41) is 5.89. The van der Waals surface area contributed by atoms with Crippen LogP contribution in [0.25, 0.3) is 0 Å². The number of unbranched alkanes of at least 4 members (excludes halogenated alkanes) is 2. The monoisotopic (exact) mass is 571 g/mol. The molecule has 0 aliphatic heterocycles. The summed E-state index contributed by atoms with van der Waals surface area (Å²) in [5.74, 6) is -0.653. The third-order valence-electron chi connectivity index (χ3n) is 6.91. The third-order valence-corrected chi connectivity index (χ3v) is 6.91. The zero-order valence-electron chi connectivity index (χ0n) is 25.8. The maximum Gasteiger partial charge on any atom is 0.408 e. The van der Waals surface area contributed by atoms with Crippen molar-refractivity contribution in [3.8, 4) is 0 Å².